The van der Waals surface area contributed by atoms with Crippen molar-refractivity contribution in [3.63, 3.8) is 0 Å². The van der Waals surface area contributed by atoms with E-state index in [2.05, 4.69) is 4.99 Å². The molecule has 0 saturated carbocycles. The SMILES string of the molecule is COc1cc(N=C(Cl)Cl)c(Cl)cc1Cl. The van der Waals surface area contributed by atoms with Crippen molar-refractivity contribution in [1.82, 2.24) is 0 Å². The molecule has 0 N–H and O–H groups in total. The van der Waals surface area contributed by atoms with Crippen molar-refractivity contribution in [3.05, 3.63) is 22.2 Å². The monoisotopic (exact) mass is 271 g/mol. The summed E-state index contributed by atoms with van der Waals surface area (Å²) >= 11 is 22.5. The van der Waals surface area contributed by atoms with Gasteiger partial charge in [-0.2, -0.15) is 0 Å². The molecule has 0 amide bonds. The standard InChI is InChI=1S/C8H5Cl4NO/c1-14-7-3-6(13-8(11)12)4(9)2-5(7)10/h2-3H,1H3. The summed E-state index contributed by atoms with van der Waals surface area (Å²) in [5.41, 5.74) is 0.410. The van der Waals surface area contributed by atoms with E-state index in [1.165, 1.54) is 13.2 Å². The van der Waals surface area contributed by atoms with Gasteiger partial charge in [0.25, 0.3) is 0 Å². The van der Waals surface area contributed by atoms with Crippen molar-refractivity contribution in [1.29, 1.82) is 0 Å². The van der Waals surface area contributed by atoms with Crippen molar-refractivity contribution < 1.29 is 4.74 Å². The number of halogens is 4. The number of ether oxygens (including phenoxy) is 1. The Balaban J connectivity index is 3.24. The normalized spacial score (nSPS) is 9.79. The lowest BCUT2D eigenvalue weighted by molar-refractivity contribution is 0.415. The van der Waals surface area contributed by atoms with E-state index >= 15 is 0 Å². The second kappa shape index (κ2) is 5.08. The minimum absolute atomic E-state index is 0.128. The summed E-state index contributed by atoms with van der Waals surface area (Å²) in [6, 6.07) is 3.06. The second-order valence-electron chi connectivity index (χ2n) is 2.29. The quantitative estimate of drug-likeness (QED) is 0.728. The second-order valence-corrected chi connectivity index (χ2v) is 4.01. The average molecular weight is 273 g/mol. The van der Waals surface area contributed by atoms with Crippen molar-refractivity contribution in [3.8, 4) is 5.75 Å². The van der Waals surface area contributed by atoms with E-state index in [9.17, 15) is 0 Å². The predicted molar refractivity (Wildman–Crippen MR) is 61.8 cm³/mol. The molecule has 14 heavy (non-hydrogen) atoms. The highest BCUT2D eigenvalue weighted by Crippen LogP contribution is 2.36. The topological polar surface area (TPSA) is 21.6 Å². The molecular weight excluding hydrogens is 268 g/mol. The molecule has 76 valence electrons. The first-order valence-corrected chi connectivity index (χ1v) is 4.98. The fourth-order valence-corrected chi connectivity index (χ4v) is 1.54. The minimum atomic E-state index is -0.128. The summed E-state index contributed by atoms with van der Waals surface area (Å²) in [4.78, 5) is 3.79. The zero-order valence-corrected chi connectivity index (χ0v) is 10.0. The largest absolute Gasteiger partial charge is 0.495 e. The summed E-state index contributed by atoms with van der Waals surface area (Å²) in [7, 11) is 1.49. The fraction of sp³-hybridized carbons (Fsp3) is 0.125. The molecule has 0 saturated heterocycles. The molecule has 0 atom stereocenters. The summed E-state index contributed by atoms with van der Waals surface area (Å²) in [6.45, 7) is 0. The Kier molecular flexibility index (Phi) is 4.32. The smallest absolute Gasteiger partial charge is 0.197 e. The van der Waals surface area contributed by atoms with Gasteiger partial charge < -0.3 is 4.74 Å². The van der Waals surface area contributed by atoms with Gasteiger partial charge in [0.1, 0.15) is 5.75 Å². The summed E-state index contributed by atoms with van der Waals surface area (Å²) in [6.07, 6.45) is 0. The zero-order chi connectivity index (χ0) is 10.7. The van der Waals surface area contributed by atoms with E-state index < -0.39 is 0 Å². The molecule has 0 aromatic heterocycles. The fourth-order valence-electron chi connectivity index (χ4n) is 0.852. The van der Waals surface area contributed by atoms with Gasteiger partial charge in [0.15, 0.2) is 4.63 Å². The van der Waals surface area contributed by atoms with Gasteiger partial charge in [0.05, 0.1) is 22.8 Å². The molecule has 0 fully saturated rings. The van der Waals surface area contributed by atoms with Crippen LogP contribution < -0.4 is 4.74 Å². The number of hydrogen-bond acceptors (Lipinski definition) is 2. The lowest BCUT2D eigenvalue weighted by atomic mass is 10.3. The van der Waals surface area contributed by atoms with Crippen LogP contribution in [0, 0.1) is 0 Å². The van der Waals surface area contributed by atoms with Crippen LogP contribution in [0.2, 0.25) is 10.0 Å². The molecule has 1 rings (SSSR count). The minimum Gasteiger partial charge on any atom is -0.495 e. The molecule has 6 heteroatoms. The van der Waals surface area contributed by atoms with Crippen LogP contribution in [0.5, 0.6) is 5.75 Å². The molecule has 0 aliphatic rings. The number of aliphatic imine (C=N–C) groups is 1. The summed E-state index contributed by atoms with van der Waals surface area (Å²) < 4.78 is 4.85. The number of benzene rings is 1. The molecule has 0 spiro atoms. The van der Waals surface area contributed by atoms with E-state index in [0.717, 1.165) is 0 Å². The maximum absolute atomic E-state index is 5.84. The Labute approximate surface area is 101 Å². The number of rotatable bonds is 2. The van der Waals surface area contributed by atoms with E-state index in [-0.39, 0.29) is 4.63 Å². The van der Waals surface area contributed by atoms with Gasteiger partial charge in [-0.25, -0.2) is 4.99 Å². The van der Waals surface area contributed by atoms with Crippen LogP contribution in [0.3, 0.4) is 0 Å². The Morgan fingerprint density at radius 2 is 1.86 bits per heavy atom. The number of hydrogen-bond donors (Lipinski definition) is 0. The molecule has 0 unspecified atom stereocenters. The van der Waals surface area contributed by atoms with Gasteiger partial charge in [0.2, 0.25) is 0 Å². The third kappa shape index (κ3) is 2.92. The van der Waals surface area contributed by atoms with E-state index in [4.69, 9.17) is 51.1 Å². The summed E-state index contributed by atoms with van der Waals surface area (Å²) in [5, 5.41) is 0.761. The van der Waals surface area contributed by atoms with Crippen LogP contribution in [0.15, 0.2) is 17.1 Å². The lowest BCUT2D eigenvalue weighted by Gasteiger charge is -2.05. The maximum Gasteiger partial charge on any atom is 0.197 e. The third-order valence-corrected chi connectivity index (χ3v) is 2.19. The van der Waals surface area contributed by atoms with Gasteiger partial charge >= 0.3 is 0 Å². The molecule has 2 nitrogen and oxygen atoms in total. The van der Waals surface area contributed by atoms with Crippen molar-refractivity contribution in [2.45, 2.75) is 0 Å². The number of nitrogens with zero attached hydrogens (tertiary/aromatic N) is 1. The molecule has 0 radical (unpaired) electrons. The van der Waals surface area contributed by atoms with E-state index in [0.29, 0.717) is 21.5 Å². The van der Waals surface area contributed by atoms with Gasteiger partial charge in [0, 0.05) is 6.07 Å². The molecule has 0 heterocycles. The molecule has 1 aromatic rings. The van der Waals surface area contributed by atoms with Crippen LogP contribution >= 0.6 is 46.4 Å². The Hall–Kier alpha value is -0.150. The van der Waals surface area contributed by atoms with Crippen LogP contribution in [0.4, 0.5) is 5.69 Å². The van der Waals surface area contributed by atoms with Crippen molar-refractivity contribution in [2.75, 3.05) is 7.11 Å². The van der Waals surface area contributed by atoms with Crippen LogP contribution in [-0.4, -0.2) is 11.7 Å². The highest BCUT2D eigenvalue weighted by Gasteiger charge is 2.07. The van der Waals surface area contributed by atoms with Gasteiger partial charge in [-0.3, -0.25) is 0 Å². The van der Waals surface area contributed by atoms with Gasteiger partial charge in [-0.1, -0.05) is 23.2 Å². The van der Waals surface area contributed by atoms with Crippen LogP contribution in [0.1, 0.15) is 0 Å². The Morgan fingerprint density at radius 3 is 2.36 bits per heavy atom. The van der Waals surface area contributed by atoms with Crippen molar-refractivity contribution in [2.24, 2.45) is 4.99 Å². The first kappa shape index (κ1) is 11.9. The lowest BCUT2D eigenvalue weighted by Crippen LogP contribution is -1.84. The van der Waals surface area contributed by atoms with Gasteiger partial charge in [-0.05, 0) is 29.3 Å². The van der Waals surface area contributed by atoms with E-state index in [1.807, 2.05) is 0 Å². The average Bonchev–Trinajstić information content (AvgIpc) is 2.09. The summed E-state index contributed by atoms with van der Waals surface area (Å²) in [5.74, 6) is 0.462. The molecule has 0 bridgehead atoms. The molecule has 1 aromatic carbocycles. The zero-order valence-electron chi connectivity index (χ0n) is 7.02. The maximum atomic E-state index is 5.84. The third-order valence-electron chi connectivity index (χ3n) is 1.43. The van der Waals surface area contributed by atoms with E-state index in [1.54, 1.807) is 6.07 Å². The molecule has 0 aliphatic carbocycles. The van der Waals surface area contributed by atoms with Crippen LogP contribution in [-0.2, 0) is 0 Å². The predicted octanol–water partition coefficient (Wildman–Crippen LogP) is 4.47. The highest BCUT2D eigenvalue weighted by atomic mass is 35.5. The first-order chi connectivity index (χ1) is 6.54. The van der Waals surface area contributed by atoms with Gasteiger partial charge in [-0.15, -0.1) is 0 Å². The first-order valence-electron chi connectivity index (χ1n) is 3.47. The van der Waals surface area contributed by atoms with Crippen LogP contribution in [0.25, 0.3) is 0 Å². The van der Waals surface area contributed by atoms with Crippen molar-refractivity contribution >= 4 is 56.7 Å². The highest BCUT2D eigenvalue weighted by molar-refractivity contribution is 6.95. The Bertz CT molecular complexity index is 374. The molecular formula is C8H5Cl4NO. The molecule has 0 aliphatic heterocycles. The Morgan fingerprint density at radius 1 is 1.21 bits per heavy atom. The number of methoxy groups -OCH3 is 1.